The van der Waals surface area contributed by atoms with Crippen LogP contribution in [0.1, 0.15) is 25.8 Å². The molecule has 2 N–H and O–H groups in total. The number of aromatic nitrogens is 2. The molecule has 1 aromatic carbocycles. The van der Waals surface area contributed by atoms with Crippen LogP contribution in [-0.4, -0.2) is 16.6 Å². The summed E-state index contributed by atoms with van der Waals surface area (Å²) in [6.07, 6.45) is 3.13. The Morgan fingerprint density at radius 1 is 1.10 bits per heavy atom. The summed E-state index contributed by atoms with van der Waals surface area (Å²) in [6, 6.07) is 7.50. The number of nitrogens with two attached hydrogens (primary N) is 1. The number of para-hydroxylation sites is 2. The molecule has 2 aromatic rings. The van der Waals surface area contributed by atoms with Crippen LogP contribution in [0.15, 0.2) is 30.6 Å². The van der Waals surface area contributed by atoms with Crippen LogP contribution in [0.3, 0.4) is 0 Å². The predicted octanol–water partition coefficient (Wildman–Crippen LogP) is 3.20. The van der Waals surface area contributed by atoms with Gasteiger partial charge in [-0.25, -0.2) is 9.97 Å². The molecule has 0 aliphatic heterocycles. The molecular weight excluding hydrogens is 254 g/mol. The Bertz CT molecular complexity index is 573. The molecule has 20 heavy (non-hydrogen) atoms. The second-order valence-corrected chi connectivity index (χ2v) is 4.27. The van der Waals surface area contributed by atoms with Crippen LogP contribution in [0.2, 0.25) is 0 Å². The molecule has 0 saturated carbocycles. The van der Waals surface area contributed by atoms with Crippen molar-refractivity contribution >= 4 is 5.82 Å². The van der Waals surface area contributed by atoms with Gasteiger partial charge in [0.2, 0.25) is 5.88 Å². The largest absolute Gasteiger partial charge is 0.490 e. The van der Waals surface area contributed by atoms with Gasteiger partial charge in [0.05, 0.1) is 12.2 Å². The van der Waals surface area contributed by atoms with Crippen molar-refractivity contribution in [2.45, 2.75) is 26.7 Å². The van der Waals surface area contributed by atoms with Gasteiger partial charge in [-0.1, -0.05) is 25.5 Å². The highest BCUT2D eigenvalue weighted by atomic mass is 16.5. The van der Waals surface area contributed by atoms with E-state index < -0.39 is 0 Å². The average Bonchev–Trinajstić information content (AvgIpc) is 2.45. The SMILES string of the molecule is CCCc1c(N)ncnc1Oc1ccccc1OCC. The molecule has 1 aromatic heterocycles. The Labute approximate surface area is 118 Å². The maximum atomic E-state index is 5.90. The Balaban J connectivity index is 2.32. The van der Waals surface area contributed by atoms with Crippen molar-refractivity contribution in [1.82, 2.24) is 9.97 Å². The van der Waals surface area contributed by atoms with E-state index >= 15 is 0 Å². The number of rotatable bonds is 6. The number of benzene rings is 1. The lowest BCUT2D eigenvalue weighted by molar-refractivity contribution is 0.319. The molecule has 0 amide bonds. The lowest BCUT2D eigenvalue weighted by atomic mass is 10.2. The number of hydrogen-bond acceptors (Lipinski definition) is 5. The van der Waals surface area contributed by atoms with Crippen LogP contribution in [0.5, 0.6) is 17.4 Å². The third-order valence-corrected chi connectivity index (χ3v) is 2.79. The van der Waals surface area contributed by atoms with E-state index in [-0.39, 0.29) is 0 Å². The van der Waals surface area contributed by atoms with Crippen LogP contribution in [0.25, 0.3) is 0 Å². The quantitative estimate of drug-likeness (QED) is 0.875. The number of anilines is 1. The Kier molecular flexibility index (Phi) is 4.76. The summed E-state index contributed by atoms with van der Waals surface area (Å²) < 4.78 is 11.4. The van der Waals surface area contributed by atoms with Crippen molar-refractivity contribution in [2.24, 2.45) is 0 Å². The predicted molar refractivity (Wildman–Crippen MR) is 78.1 cm³/mol. The molecule has 1 heterocycles. The van der Waals surface area contributed by atoms with E-state index in [2.05, 4.69) is 16.9 Å². The van der Waals surface area contributed by atoms with Crippen LogP contribution in [0.4, 0.5) is 5.82 Å². The van der Waals surface area contributed by atoms with Gasteiger partial charge in [-0.2, -0.15) is 0 Å². The summed E-state index contributed by atoms with van der Waals surface area (Å²) in [7, 11) is 0. The molecule has 0 unspecified atom stereocenters. The molecule has 5 heteroatoms. The molecule has 5 nitrogen and oxygen atoms in total. The normalized spacial score (nSPS) is 10.3. The fourth-order valence-electron chi connectivity index (χ4n) is 1.90. The molecule has 0 aliphatic rings. The standard InChI is InChI=1S/C15H19N3O2/c1-3-7-11-14(16)17-10-18-15(11)20-13-9-6-5-8-12(13)19-4-2/h5-6,8-10H,3-4,7H2,1-2H3,(H2,16,17,18). The third kappa shape index (κ3) is 3.17. The highest BCUT2D eigenvalue weighted by Crippen LogP contribution is 2.33. The van der Waals surface area contributed by atoms with E-state index in [0.717, 1.165) is 18.4 Å². The molecule has 2 rings (SSSR count). The van der Waals surface area contributed by atoms with Gasteiger partial charge < -0.3 is 15.2 Å². The minimum Gasteiger partial charge on any atom is -0.490 e. The maximum Gasteiger partial charge on any atom is 0.227 e. The third-order valence-electron chi connectivity index (χ3n) is 2.79. The minimum absolute atomic E-state index is 0.464. The molecule has 0 aliphatic carbocycles. The highest BCUT2D eigenvalue weighted by Gasteiger charge is 2.13. The molecular formula is C15H19N3O2. The van der Waals surface area contributed by atoms with E-state index in [1.54, 1.807) is 0 Å². The summed E-state index contributed by atoms with van der Waals surface area (Å²) in [6.45, 7) is 4.58. The van der Waals surface area contributed by atoms with Gasteiger partial charge in [-0.3, -0.25) is 0 Å². The highest BCUT2D eigenvalue weighted by molar-refractivity contribution is 5.48. The second kappa shape index (κ2) is 6.75. The first-order valence-corrected chi connectivity index (χ1v) is 6.75. The average molecular weight is 273 g/mol. The van der Waals surface area contributed by atoms with Crippen molar-refractivity contribution in [1.29, 1.82) is 0 Å². The van der Waals surface area contributed by atoms with Crippen LogP contribution in [0, 0.1) is 0 Å². The van der Waals surface area contributed by atoms with E-state index in [1.807, 2.05) is 31.2 Å². The van der Waals surface area contributed by atoms with Gasteiger partial charge >= 0.3 is 0 Å². The molecule has 0 fully saturated rings. The second-order valence-electron chi connectivity index (χ2n) is 4.27. The first-order valence-electron chi connectivity index (χ1n) is 6.75. The number of nitrogens with zero attached hydrogens (tertiary/aromatic N) is 2. The molecule has 0 spiro atoms. The summed E-state index contributed by atoms with van der Waals surface area (Å²) in [5.41, 5.74) is 6.73. The Morgan fingerprint density at radius 3 is 2.55 bits per heavy atom. The lowest BCUT2D eigenvalue weighted by Gasteiger charge is -2.13. The smallest absolute Gasteiger partial charge is 0.227 e. The maximum absolute atomic E-state index is 5.90. The summed E-state index contributed by atoms with van der Waals surface area (Å²) in [5, 5.41) is 0. The molecule has 0 atom stereocenters. The Hall–Kier alpha value is -2.30. The van der Waals surface area contributed by atoms with E-state index in [9.17, 15) is 0 Å². The van der Waals surface area contributed by atoms with Crippen molar-refractivity contribution < 1.29 is 9.47 Å². The van der Waals surface area contributed by atoms with Gasteiger partial charge in [-0.05, 0) is 25.5 Å². The van der Waals surface area contributed by atoms with E-state index in [4.69, 9.17) is 15.2 Å². The van der Waals surface area contributed by atoms with Gasteiger partial charge in [0.1, 0.15) is 12.1 Å². The number of hydrogen-bond donors (Lipinski definition) is 1. The number of nitrogen functional groups attached to an aromatic ring is 1. The van der Waals surface area contributed by atoms with Gasteiger partial charge in [0.25, 0.3) is 0 Å². The van der Waals surface area contributed by atoms with Crippen LogP contribution < -0.4 is 15.2 Å². The van der Waals surface area contributed by atoms with Crippen molar-refractivity contribution in [3.8, 4) is 17.4 Å². The minimum atomic E-state index is 0.464. The zero-order valence-corrected chi connectivity index (χ0v) is 11.8. The van der Waals surface area contributed by atoms with Crippen molar-refractivity contribution in [3.63, 3.8) is 0 Å². The Morgan fingerprint density at radius 2 is 1.85 bits per heavy atom. The monoisotopic (exact) mass is 273 g/mol. The summed E-state index contributed by atoms with van der Waals surface area (Å²) in [4.78, 5) is 8.20. The molecule has 0 saturated heterocycles. The van der Waals surface area contributed by atoms with Gasteiger partial charge in [0.15, 0.2) is 11.5 Å². The van der Waals surface area contributed by atoms with Gasteiger partial charge in [0, 0.05) is 0 Å². The molecule has 106 valence electrons. The van der Waals surface area contributed by atoms with Crippen LogP contribution >= 0.6 is 0 Å². The van der Waals surface area contributed by atoms with Crippen LogP contribution in [-0.2, 0) is 6.42 Å². The zero-order valence-electron chi connectivity index (χ0n) is 11.8. The topological polar surface area (TPSA) is 70.3 Å². The van der Waals surface area contributed by atoms with E-state index in [0.29, 0.717) is 29.8 Å². The van der Waals surface area contributed by atoms with Crippen molar-refractivity contribution in [3.05, 3.63) is 36.2 Å². The summed E-state index contributed by atoms with van der Waals surface area (Å²) in [5.74, 6) is 2.27. The lowest BCUT2D eigenvalue weighted by Crippen LogP contribution is -2.03. The number of ether oxygens (including phenoxy) is 2. The first kappa shape index (κ1) is 14.1. The zero-order chi connectivity index (χ0) is 14.4. The fraction of sp³-hybridized carbons (Fsp3) is 0.333. The molecule has 0 radical (unpaired) electrons. The van der Waals surface area contributed by atoms with E-state index in [1.165, 1.54) is 6.33 Å². The fourth-order valence-corrected chi connectivity index (χ4v) is 1.90. The van der Waals surface area contributed by atoms with Gasteiger partial charge in [-0.15, -0.1) is 0 Å². The van der Waals surface area contributed by atoms with Crippen molar-refractivity contribution in [2.75, 3.05) is 12.3 Å². The summed E-state index contributed by atoms with van der Waals surface area (Å²) >= 11 is 0. The first-order chi connectivity index (χ1) is 9.76. The molecule has 0 bridgehead atoms.